The number of methoxy groups -OCH3 is 2. The molecule has 0 unspecified atom stereocenters. The van der Waals surface area contributed by atoms with Crippen LogP contribution in [-0.2, 0) is 16.4 Å². The van der Waals surface area contributed by atoms with Gasteiger partial charge in [0.25, 0.3) is 0 Å². The summed E-state index contributed by atoms with van der Waals surface area (Å²) < 4.78 is 38.2. The van der Waals surface area contributed by atoms with Crippen molar-refractivity contribution in [1.29, 1.82) is 0 Å². The molecule has 0 amide bonds. The second-order valence-electron chi connectivity index (χ2n) is 5.59. The number of benzene rings is 2. The Balaban J connectivity index is 2.13. The Morgan fingerprint density at radius 3 is 2.38 bits per heavy atom. The Morgan fingerprint density at radius 1 is 1.00 bits per heavy atom. The van der Waals surface area contributed by atoms with Gasteiger partial charge in [0, 0.05) is 6.54 Å². The molecule has 24 heavy (non-hydrogen) atoms. The first-order chi connectivity index (χ1) is 11.4. The SMILES string of the molecule is COc1cccc(CCNS(=O)(=O)c2cc(C)c(C)cc2OC)c1. The third-order valence-corrected chi connectivity index (χ3v) is 5.39. The molecule has 1 N–H and O–H groups in total. The first kappa shape index (κ1) is 18.3. The highest BCUT2D eigenvalue weighted by Crippen LogP contribution is 2.27. The summed E-state index contributed by atoms with van der Waals surface area (Å²) in [5, 5.41) is 0. The molecule has 0 saturated carbocycles. The monoisotopic (exact) mass is 349 g/mol. The number of ether oxygens (including phenoxy) is 2. The van der Waals surface area contributed by atoms with E-state index in [0.29, 0.717) is 18.7 Å². The molecule has 0 heterocycles. The van der Waals surface area contributed by atoms with Gasteiger partial charge in [-0.1, -0.05) is 12.1 Å². The number of aryl methyl sites for hydroxylation is 2. The topological polar surface area (TPSA) is 64.6 Å². The molecular formula is C18H23NO4S. The van der Waals surface area contributed by atoms with Crippen LogP contribution in [0, 0.1) is 13.8 Å². The van der Waals surface area contributed by atoms with E-state index in [2.05, 4.69) is 4.72 Å². The lowest BCUT2D eigenvalue weighted by molar-refractivity contribution is 0.402. The van der Waals surface area contributed by atoms with Gasteiger partial charge in [-0.3, -0.25) is 0 Å². The van der Waals surface area contributed by atoms with Crippen LogP contribution < -0.4 is 14.2 Å². The van der Waals surface area contributed by atoms with E-state index in [1.165, 1.54) is 7.11 Å². The van der Waals surface area contributed by atoms with Gasteiger partial charge in [0.2, 0.25) is 10.0 Å². The van der Waals surface area contributed by atoms with Gasteiger partial charge in [-0.25, -0.2) is 13.1 Å². The molecule has 0 bridgehead atoms. The van der Waals surface area contributed by atoms with Gasteiger partial charge >= 0.3 is 0 Å². The zero-order valence-corrected chi connectivity index (χ0v) is 15.2. The van der Waals surface area contributed by atoms with E-state index < -0.39 is 10.0 Å². The van der Waals surface area contributed by atoms with E-state index in [1.807, 2.05) is 38.1 Å². The van der Waals surface area contributed by atoms with E-state index in [-0.39, 0.29) is 4.90 Å². The van der Waals surface area contributed by atoms with Crippen LogP contribution in [-0.4, -0.2) is 29.2 Å². The minimum Gasteiger partial charge on any atom is -0.497 e. The summed E-state index contributed by atoms with van der Waals surface area (Å²) in [6.07, 6.45) is 0.573. The van der Waals surface area contributed by atoms with Crippen molar-refractivity contribution in [3.63, 3.8) is 0 Å². The standard InChI is InChI=1S/C18H23NO4S/c1-13-10-17(23-4)18(11-14(13)2)24(20,21)19-9-8-15-6-5-7-16(12-15)22-3/h5-7,10-12,19H,8-9H2,1-4H3. The average Bonchev–Trinajstić information content (AvgIpc) is 2.56. The third-order valence-electron chi connectivity index (χ3n) is 3.91. The van der Waals surface area contributed by atoms with Crippen LogP contribution in [0.2, 0.25) is 0 Å². The van der Waals surface area contributed by atoms with Crippen LogP contribution in [0.4, 0.5) is 0 Å². The minimum atomic E-state index is -3.63. The Morgan fingerprint density at radius 2 is 1.71 bits per heavy atom. The van der Waals surface area contributed by atoms with Crippen LogP contribution in [0.3, 0.4) is 0 Å². The maximum absolute atomic E-state index is 12.6. The molecule has 0 aliphatic heterocycles. The van der Waals surface area contributed by atoms with Crippen molar-refractivity contribution in [1.82, 2.24) is 4.72 Å². The Bertz CT molecular complexity index is 816. The maximum Gasteiger partial charge on any atom is 0.244 e. The predicted octanol–water partition coefficient (Wildman–Crippen LogP) is 2.84. The van der Waals surface area contributed by atoms with Crippen molar-refractivity contribution in [2.75, 3.05) is 20.8 Å². The largest absolute Gasteiger partial charge is 0.497 e. The molecule has 0 aromatic heterocycles. The van der Waals surface area contributed by atoms with Crippen molar-refractivity contribution in [3.05, 3.63) is 53.1 Å². The molecule has 0 spiro atoms. The second kappa shape index (κ2) is 7.68. The molecule has 130 valence electrons. The first-order valence-corrected chi connectivity index (χ1v) is 9.13. The Hall–Kier alpha value is -2.05. The summed E-state index contributed by atoms with van der Waals surface area (Å²) in [5.41, 5.74) is 2.90. The lowest BCUT2D eigenvalue weighted by atomic mass is 10.1. The molecule has 0 fully saturated rings. The number of hydrogen-bond donors (Lipinski definition) is 1. The summed E-state index contributed by atoms with van der Waals surface area (Å²) in [4.78, 5) is 0.166. The summed E-state index contributed by atoms with van der Waals surface area (Å²) in [6, 6.07) is 11.0. The zero-order chi connectivity index (χ0) is 17.7. The van der Waals surface area contributed by atoms with E-state index in [1.54, 1.807) is 19.2 Å². The number of sulfonamides is 1. The first-order valence-electron chi connectivity index (χ1n) is 7.65. The molecule has 2 aromatic rings. The van der Waals surface area contributed by atoms with E-state index in [0.717, 1.165) is 22.4 Å². The molecular weight excluding hydrogens is 326 g/mol. The van der Waals surface area contributed by atoms with Crippen molar-refractivity contribution in [2.45, 2.75) is 25.2 Å². The molecule has 6 heteroatoms. The molecule has 0 aliphatic carbocycles. The number of rotatable bonds is 7. The minimum absolute atomic E-state index is 0.166. The van der Waals surface area contributed by atoms with Gasteiger partial charge in [0.1, 0.15) is 16.4 Å². The fourth-order valence-electron chi connectivity index (χ4n) is 2.37. The highest BCUT2D eigenvalue weighted by molar-refractivity contribution is 7.89. The van der Waals surface area contributed by atoms with Crippen LogP contribution >= 0.6 is 0 Å². The lowest BCUT2D eigenvalue weighted by Crippen LogP contribution is -2.26. The molecule has 2 rings (SSSR count). The third kappa shape index (κ3) is 4.27. The molecule has 0 aliphatic rings. The summed E-state index contributed by atoms with van der Waals surface area (Å²) in [5.74, 6) is 1.11. The summed E-state index contributed by atoms with van der Waals surface area (Å²) in [7, 11) is -0.558. The van der Waals surface area contributed by atoms with Gasteiger partial charge in [0.15, 0.2) is 0 Å². The second-order valence-corrected chi connectivity index (χ2v) is 7.32. The lowest BCUT2D eigenvalue weighted by Gasteiger charge is -2.13. The van der Waals surface area contributed by atoms with Gasteiger partial charge in [-0.05, 0) is 61.2 Å². The van der Waals surface area contributed by atoms with Crippen LogP contribution in [0.25, 0.3) is 0 Å². The molecule has 5 nitrogen and oxygen atoms in total. The van der Waals surface area contributed by atoms with Gasteiger partial charge in [0.05, 0.1) is 14.2 Å². The molecule has 0 saturated heterocycles. The highest BCUT2D eigenvalue weighted by Gasteiger charge is 2.20. The molecule has 0 atom stereocenters. The van der Waals surface area contributed by atoms with Crippen LogP contribution in [0.15, 0.2) is 41.3 Å². The van der Waals surface area contributed by atoms with Crippen LogP contribution in [0.5, 0.6) is 11.5 Å². The quantitative estimate of drug-likeness (QED) is 0.835. The van der Waals surface area contributed by atoms with Crippen molar-refractivity contribution in [3.8, 4) is 11.5 Å². The van der Waals surface area contributed by atoms with Gasteiger partial charge in [-0.2, -0.15) is 0 Å². The van der Waals surface area contributed by atoms with Crippen molar-refractivity contribution >= 4 is 10.0 Å². The van der Waals surface area contributed by atoms with E-state index in [4.69, 9.17) is 9.47 Å². The smallest absolute Gasteiger partial charge is 0.244 e. The number of hydrogen-bond acceptors (Lipinski definition) is 4. The van der Waals surface area contributed by atoms with E-state index in [9.17, 15) is 8.42 Å². The number of nitrogens with one attached hydrogen (secondary N) is 1. The van der Waals surface area contributed by atoms with Gasteiger partial charge < -0.3 is 9.47 Å². The Kier molecular flexibility index (Phi) is 5.85. The highest BCUT2D eigenvalue weighted by atomic mass is 32.2. The normalized spacial score (nSPS) is 11.3. The average molecular weight is 349 g/mol. The fraction of sp³-hybridized carbons (Fsp3) is 0.333. The van der Waals surface area contributed by atoms with E-state index >= 15 is 0 Å². The summed E-state index contributed by atoms with van der Waals surface area (Å²) >= 11 is 0. The summed E-state index contributed by atoms with van der Waals surface area (Å²) in [6.45, 7) is 4.10. The maximum atomic E-state index is 12.6. The Labute approximate surface area is 143 Å². The zero-order valence-electron chi connectivity index (χ0n) is 14.4. The molecule has 2 aromatic carbocycles. The van der Waals surface area contributed by atoms with Gasteiger partial charge in [-0.15, -0.1) is 0 Å². The fourth-order valence-corrected chi connectivity index (χ4v) is 3.63. The van der Waals surface area contributed by atoms with Crippen LogP contribution in [0.1, 0.15) is 16.7 Å². The van der Waals surface area contributed by atoms with Crippen molar-refractivity contribution in [2.24, 2.45) is 0 Å². The molecule has 0 radical (unpaired) electrons. The van der Waals surface area contributed by atoms with Crippen molar-refractivity contribution < 1.29 is 17.9 Å². The predicted molar refractivity (Wildman–Crippen MR) is 94.4 cm³/mol.